The molecule has 0 radical (unpaired) electrons. The van der Waals surface area contributed by atoms with Gasteiger partial charge in [-0.25, -0.2) is 13.1 Å². The van der Waals surface area contributed by atoms with Gasteiger partial charge >= 0.3 is 0 Å². The monoisotopic (exact) mass is 375 g/mol. The van der Waals surface area contributed by atoms with Gasteiger partial charge in [-0.05, 0) is 41.4 Å². The van der Waals surface area contributed by atoms with E-state index in [2.05, 4.69) is 36.6 Å². The Balaban J connectivity index is 2.76. The molecule has 86 valence electrons. The molecule has 0 saturated carbocycles. The SMILES string of the molecule is CC(CCBr)NS(=O)(=O)c1ccc(Br)s1. The predicted molar refractivity (Wildman–Crippen MR) is 70.2 cm³/mol. The Labute approximate surface area is 111 Å². The Hall–Kier alpha value is 0.570. The summed E-state index contributed by atoms with van der Waals surface area (Å²) in [6.07, 6.45) is 0.770. The highest BCUT2D eigenvalue weighted by atomic mass is 79.9. The number of rotatable bonds is 5. The minimum absolute atomic E-state index is 0.0600. The molecule has 1 unspecified atom stereocenters. The van der Waals surface area contributed by atoms with Crippen LogP contribution in [0.15, 0.2) is 20.1 Å². The minimum Gasteiger partial charge on any atom is -0.208 e. The van der Waals surface area contributed by atoms with Crippen molar-refractivity contribution in [3.8, 4) is 0 Å². The van der Waals surface area contributed by atoms with Gasteiger partial charge in [0, 0.05) is 11.4 Å². The average Bonchev–Trinajstić information content (AvgIpc) is 2.51. The molecule has 0 aliphatic heterocycles. The maximum absolute atomic E-state index is 11.8. The first-order valence-corrected chi connectivity index (χ1v) is 8.51. The van der Waals surface area contributed by atoms with Gasteiger partial charge in [-0.2, -0.15) is 0 Å². The molecule has 0 amide bonds. The van der Waals surface area contributed by atoms with Crippen LogP contribution in [0.2, 0.25) is 0 Å². The van der Waals surface area contributed by atoms with Crippen molar-refractivity contribution in [2.75, 3.05) is 5.33 Å². The summed E-state index contributed by atoms with van der Waals surface area (Å²) in [4.78, 5) is 0. The van der Waals surface area contributed by atoms with Crippen molar-refractivity contribution in [1.29, 1.82) is 0 Å². The molecule has 1 N–H and O–H groups in total. The molecule has 0 fully saturated rings. The smallest absolute Gasteiger partial charge is 0.208 e. The summed E-state index contributed by atoms with van der Waals surface area (Å²) in [5.74, 6) is 0. The van der Waals surface area contributed by atoms with Crippen LogP contribution in [0.3, 0.4) is 0 Å². The second-order valence-corrected chi connectivity index (χ2v) is 8.26. The van der Waals surface area contributed by atoms with E-state index in [1.165, 1.54) is 11.3 Å². The molecule has 0 bridgehead atoms. The zero-order chi connectivity index (χ0) is 11.5. The molecule has 0 aromatic carbocycles. The van der Waals surface area contributed by atoms with Crippen molar-refractivity contribution >= 4 is 53.2 Å². The number of alkyl halides is 1. The van der Waals surface area contributed by atoms with E-state index in [9.17, 15) is 8.42 Å². The van der Waals surface area contributed by atoms with Crippen LogP contribution < -0.4 is 4.72 Å². The van der Waals surface area contributed by atoms with E-state index < -0.39 is 10.0 Å². The third-order valence-electron chi connectivity index (χ3n) is 1.71. The normalized spacial score (nSPS) is 14.1. The van der Waals surface area contributed by atoms with Crippen molar-refractivity contribution in [2.45, 2.75) is 23.6 Å². The van der Waals surface area contributed by atoms with Crippen molar-refractivity contribution in [2.24, 2.45) is 0 Å². The molecule has 7 heteroatoms. The van der Waals surface area contributed by atoms with E-state index in [-0.39, 0.29) is 6.04 Å². The zero-order valence-electron chi connectivity index (χ0n) is 8.04. The lowest BCUT2D eigenvalue weighted by Crippen LogP contribution is -2.32. The fourth-order valence-electron chi connectivity index (χ4n) is 0.988. The molecule has 1 aromatic rings. The van der Waals surface area contributed by atoms with Crippen LogP contribution >= 0.6 is 43.2 Å². The van der Waals surface area contributed by atoms with Gasteiger partial charge in [0.25, 0.3) is 0 Å². The Bertz CT molecular complexity index is 416. The molecule has 0 spiro atoms. The van der Waals surface area contributed by atoms with Gasteiger partial charge in [-0.15, -0.1) is 11.3 Å². The molecular formula is C8H11Br2NO2S2. The van der Waals surface area contributed by atoms with Crippen molar-refractivity contribution in [3.63, 3.8) is 0 Å². The van der Waals surface area contributed by atoms with Gasteiger partial charge in [0.15, 0.2) is 0 Å². The number of hydrogen-bond acceptors (Lipinski definition) is 3. The molecule has 1 aromatic heterocycles. The Morgan fingerprint density at radius 3 is 2.67 bits per heavy atom. The van der Waals surface area contributed by atoms with Crippen LogP contribution in [0.4, 0.5) is 0 Å². The number of nitrogens with one attached hydrogen (secondary N) is 1. The van der Waals surface area contributed by atoms with Gasteiger partial charge in [0.05, 0.1) is 3.79 Å². The average molecular weight is 377 g/mol. The van der Waals surface area contributed by atoms with Crippen LogP contribution in [-0.2, 0) is 10.0 Å². The lowest BCUT2D eigenvalue weighted by atomic mass is 10.3. The summed E-state index contributed by atoms with van der Waals surface area (Å²) in [6, 6.07) is 3.27. The Morgan fingerprint density at radius 2 is 2.20 bits per heavy atom. The third kappa shape index (κ3) is 4.14. The molecule has 0 aliphatic carbocycles. The maximum Gasteiger partial charge on any atom is 0.250 e. The van der Waals surface area contributed by atoms with Crippen LogP contribution in [0.25, 0.3) is 0 Å². The number of hydrogen-bond donors (Lipinski definition) is 1. The molecule has 1 atom stereocenters. The van der Waals surface area contributed by atoms with Gasteiger partial charge in [0.2, 0.25) is 10.0 Å². The van der Waals surface area contributed by atoms with Crippen LogP contribution in [-0.4, -0.2) is 19.8 Å². The summed E-state index contributed by atoms with van der Waals surface area (Å²) >= 11 is 7.73. The molecule has 0 aliphatic rings. The fraction of sp³-hybridized carbons (Fsp3) is 0.500. The molecular weight excluding hydrogens is 366 g/mol. The highest BCUT2D eigenvalue weighted by Gasteiger charge is 2.18. The summed E-state index contributed by atoms with van der Waals surface area (Å²) in [5.41, 5.74) is 0. The van der Waals surface area contributed by atoms with Gasteiger partial charge < -0.3 is 0 Å². The van der Waals surface area contributed by atoms with E-state index in [0.29, 0.717) is 4.21 Å². The zero-order valence-corrected chi connectivity index (χ0v) is 12.8. The number of thiophene rings is 1. The number of halogens is 2. The topological polar surface area (TPSA) is 46.2 Å². The second kappa shape index (κ2) is 5.77. The molecule has 15 heavy (non-hydrogen) atoms. The van der Waals surface area contributed by atoms with Crippen LogP contribution in [0.5, 0.6) is 0 Å². The first-order valence-electron chi connectivity index (χ1n) is 4.29. The highest BCUT2D eigenvalue weighted by Crippen LogP contribution is 2.26. The molecule has 3 nitrogen and oxygen atoms in total. The summed E-state index contributed by atoms with van der Waals surface area (Å²) in [5, 5.41) is 0.783. The van der Waals surface area contributed by atoms with E-state index in [1.54, 1.807) is 12.1 Å². The van der Waals surface area contributed by atoms with Crippen LogP contribution in [0, 0.1) is 0 Å². The summed E-state index contributed by atoms with van der Waals surface area (Å²) in [7, 11) is -3.34. The van der Waals surface area contributed by atoms with Gasteiger partial charge in [-0.1, -0.05) is 15.9 Å². The standard InChI is InChI=1S/C8H11Br2NO2S2/c1-6(4-5-9)11-15(12,13)8-3-2-7(10)14-8/h2-3,6,11H,4-5H2,1H3. The maximum atomic E-state index is 11.8. The van der Waals surface area contributed by atoms with E-state index >= 15 is 0 Å². The van der Waals surface area contributed by atoms with E-state index in [1.807, 2.05) is 6.92 Å². The minimum atomic E-state index is -3.34. The quantitative estimate of drug-likeness (QED) is 0.803. The first kappa shape index (κ1) is 13.6. The van der Waals surface area contributed by atoms with Gasteiger partial charge in [0.1, 0.15) is 4.21 Å². The molecule has 1 heterocycles. The van der Waals surface area contributed by atoms with E-state index in [0.717, 1.165) is 15.5 Å². The van der Waals surface area contributed by atoms with Crippen molar-refractivity contribution < 1.29 is 8.42 Å². The fourth-order valence-corrected chi connectivity index (χ4v) is 4.98. The largest absolute Gasteiger partial charge is 0.250 e. The van der Waals surface area contributed by atoms with Crippen molar-refractivity contribution in [1.82, 2.24) is 4.72 Å². The third-order valence-corrected chi connectivity index (χ3v) is 5.87. The summed E-state index contributed by atoms with van der Waals surface area (Å²) < 4.78 is 27.4. The molecule has 1 rings (SSSR count). The Morgan fingerprint density at radius 1 is 1.53 bits per heavy atom. The number of sulfonamides is 1. The Kier molecular flexibility index (Phi) is 5.24. The lowest BCUT2D eigenvalue weighted by molar-refractivity contribution is 0.559. The van der Waals surface area contributed by atoms with Crippen LogP contribution in [0.1, 0.15) is 13.3 Å². The predicted octanol–water partition coefficient (Wildman–Crippen LogP) is 2.96. The van der Waals surface area contributed by atoms with E-state index in [4.69, 9.17) is 0 Å². The lowest BCUT2D eigenvalue weighted by Gasteiger charge is -2.11. The summed E-state index contributed by atoms with van der Waals surface area (Å²) in [6.45, 7) is 1.85. The highest BCUT2D eigenvalue weighted by molar-refractivity contribution is 9.11. The second-order valence-electron chi connectivity index (χ2n) is 3.06. The first-order chi connectivity index (χ1) is 6.95. The van der Waals surface area contributed by atoms with Gasteiger partial charge in [-0.3, -0.25) is 0 Å². The van der Waals surface area contributed by atoms with Crippen molar-refractivity contribution in [3.05, 3.63) is 15.9 Å². The molecule has 0 saturated heterocycles.